The standard InChI is InChI=1S/C10H17N3O3/c1-13(2)6-4-3-5-11-10-12-8(7-16-10)9(14)15/h7H,3-6H2,1-2H3,(H,11,12)(H,14,15). The van der Waals surface area contributed by atoms with Crippen LogP contribution in [0.4, 0.5) is 6.01 Å². The van der Waals surface area contributed by atoms with E-state index in [9.17, 15) is 4.79 Å². The third kappa shape index (κ3) is 4.31. The van der Waals surface area contributed by atoms with E-state index in [1.165, 1.54) is 0 Å². The van der Waals surface area contributed by atoms with Gasteiger partial charge in [-0.25, -0.2) is 4.79 Å². The van der Waals surface area contributed by atoms with Gasteiger partial charge in [0.2, 0.25) is 0 Å². The second-order valence-corrected chi connectivity index (χ2v) is 3.78. The molecule has 0 fully saturated rings. The van der Waals surface area contributed by atoms with Gasteiger partial charge in [-0.3, -0.25) is 0 Å². The van der Waals surface area contributed by atoms with Crippen LogP contribution in [0.3, 0.4) is 0 Å². The molecule has 0 aliphatic carbocycles. The minimum absolute atomic E-state index is 0.0733. The van der Waals surface area contributed by atoms with Crippen molar-refractivity contribution in [1.29, 1.82) is 0 Å². The Morgan fingerprint density at radius 1 is 1.56 bits per heavy atom. The number of anilines is 1. The van der Waals surface area contributed by atoms with Crippen molar-refractivity contribution in [2.24, 2.45) is 0 Å². The van der Waals surface area contributed by atoms with Crippen LogP contribution in [-0.2, 0) is 0 Å². The lowest BCUT2D eigenvalue weighted by Gasteiger charge is -2.08. The molecule has 6 nitrogen and oxygen atoms in total. The Morgan fingerprint density at radius 3 is 2.88 bits per heavy atom. The summed E-state index contributed by atoms with van der Waals surface area (Å²) in [7, 11) is 4.06. The molecule has 0 spiro atoms. The maximum absolute atomic E-state index is 10.5. The van der Waals surface area contributed by atoms with Crippen molar-refractivity contribution < 1.29 is 14.3 Å². The van der Waals surface area contributed by atoms with E-state index in [4.69, 9.17) is 9.52 Å². The summed E-state index contributed by atoms with van der Waals surface area (Å²) in [6.45, 7) is 1.76. The van der Waals surface area contributed by atoms with E-state index in [1.54, 1.807) is 0 Å². The number of aromatic carboxylic acids is 1. The van der Waals surface area contributed by atoms with Gasteiger partial charge >= 0.3 is 5.97 Å². The zero-order chi connectivity index (χ0) is 12.0. The van der Waals surface area contributed by atoms with Crippen LogP contribution in [-0.4, -0.2) is 48.1 Å². The number of rotatable bonds is 7. The second kappa shape index (κ2) is 6.12. The summed E-state index contributed by atoms with van der Waals surface area (Å²) in [6, 6.07) is 0.266. The van der Waals surface area contributed by atoms with Crippen molar-refractivity contribution in [3.8, 4) is 0 Å². The first-order chi connectivity index (χ1) is 7.59. The van der Waals surface area contributed by atoms with Crippen LogP contribution in [0.5, 0.6) is 0 Å². The van der Waals surface area contributed by atoms with Gasteiger partial charge in [-0.15, -0.1) is 0 Å². The number of hydrogen-bond acceptors (Lipinski definition) is 5. The summed E-state index contributed by atoms with van der Waals surface area (Å²) in [6.07, 6.45) is 3.19. The minimum atomic E-state index is -1.08. The Labute approximate surface area is 94.3 Å². The van der Waals surface area contributed by atoms with Gasteiger partial charge in [0.05, 0.1) is 0 Å². The van der Waals surface area contributed by atoms with Crippen LogP contribution in [0.2, 0.25) is 0 Å². The van der Waals surface area contributed by atoms with E-state index in [-0.39, 0.29) is 11.7 Å². The van der Waals surface area contributed by atoms with Crippen molar-refractivity contribution >= 4 is 12.0 Å². The fourth-order valence-corrected chi connectivity index (χ4v) is 1.20. The van der Waals surface area contributed by atoms with Crippen molar-refractivity contribution in [3.05, 3.63) is 12.0 Å². The molecule has 0 aromatic carbocycles. The Bertz CT molecular complexity index is 336. The maximum Gasteiger partial charge on any atom is 0.357 e. The van der Waals surface area contributed by atoms with Crippen LogP contribution in [0, 0.1) is 0 Å². The first kappa shape index (κ1) is 12.5. The number of aromatic nitrogens is 1. The average Bonchev–Trinajstić information content (AvgIpc) is 2.65. The first-order valence-electron chi connectivity index (χ1n) is 5.17. The summed E-state index contributed by atoms with van der Waals surface area (Å²) in [5, 5.41) is 11.5. The molecule has 2 N–H and O–H groups in total. The number of carboxylic acids is 1. The van der Waals surface area contributed by atoms with Gasteiger partial charge in [-0.2, -0.15) is 4.98 Å². The molecule has 1 aromatic heterocycles. The van der Waals surface area contributed by atoms with E-state index in [2.05, 4.69) is 15.2 Å². The predicted molar refractivity (Wildman–Crippen MR) is 59.7 cm³/mol. The normalized spacial score (nSPS) is 10.7. The highest BCUT2D eigenvalue weighted by atomic mass is 16.4. The van der Waals surface area contributed by atoms with Crippen molar-refractivity contribution in [3.63, 3.8) is 0 Å². The molecule has 0 amide bonds. The molecule has 6 heteroatoms. The van der Waals surface area contributed by atoms with Crippen LogP contribution < -0.4 is 5.32 Å². The molecule has 0 saturated carbocycles. The van der Waals surface area contributed by atoms with Crippen LogP contribution in [0.15, 0.2) is 10.7 Å². The molecule has 16 heavy (non-hydrogen) atoms. The lowest BCUT2D eigenvalue weighted by molar-refractivity contribution is 0.0690. The van der Waals surface area contributed by atoms with E-state index in [0.29, 0.717) is 0 Å². The number of nitrogens with one attached hydrogen (secondary N) is 1. The molecule has 1 rings (SSSR count). The summed E-state index contributed by atoms with van der Waals surface area (Å²) in [5.41, 5.74) is -0.0733. The second-order valence-electron chi connectivity index (χ2n) is 3.78. The highest BCUT2D eigenvalue weighted by molar-refractivity contribution is 5.85. The quantitative estimate of drug-likeness (QED) is 0.680. The topological polar surface area (TPSA) is 78.6 Å². The van der Waals surface area contributed by atoms with Gasteiger partial charge < -0.3 is 19.7 Å². The molecule has 0 aliphatic heterocycles. The summed E-state index contributed by atoms with van der Waals surface area (Å²) in [5.74, 6) is -1.08. The Morgan fingerprint density at radius 2 is 2.31 bits per heavy atom. The Kier molecular flexibility index (Phi) is 4.78. The lowest BCUT2D eigenvalue weighted by atomic mass is 10.3. The van der Waals surface area contributed by atoms with Gasteiger partial charge in [0.25, 0.3) is 6.01 Å². The molecule has 0 aliphatic rings. The summed E-state index contributed by atoms with van der Waals surface area (Å²) >= 11 is 0. The van der Waals surface area contributed by atoms with Gasteiger partial charge in [0.1, 0.15) is 6.26 Å². The molecule has 0 unspecified atom stereocenters. The smallest absolute Gasteiger partial charge is 0.357 e. The number of oxazole rings is 1. The SMILES string of the molecule is CN(C)CCCCNc1nc(C(=O)O)co1. The fraction of sp³-hybridized carbons (Fsp3) is 0.600. The highest BCUT2D eigenvalue weighted by Gasteiger charge is 2.09. The van der Waals surface area contributed by atoms with Gasteiger partial charge in [-0.1, -0.05) is 0 Å². The number of hydrogen-bond donors (Lipinski definition) is 2. The lowest BCUT2D eigenvalue weighted by Crippen LogP contribution is -2.14. The third-order valence-corrected chi connectivity index (χ3v) is 2.03. The van der Waals surface area contributed by atoms with Crippen LogP contribution in [0.1, 0.15) is 23.3 Å². The zero-order valence-corrected chi connectivity index (χ0v) is 9.56. The maximum atomic E-state index is 10.5. The number of nitrogens with zero attached hydrogens (tertiary/aromatic N) is 2. The van der Waals surface area contributed by atoms with E-state index in [0.717, 1.165) is 32.2 Å². The van der Waals surface area contributed by atoms with Crippen molar-refractivity contribution in [1.82, 2.24) is 9.88 Å². The number of carbonyl (C=O) groups is 1. The summed E-state index contributed by atoms with van der Waals surface area (Å²) < 4.78 is 4.94. The summed E-state index contributed by atoms with van der Waals surface area (Å²) in [4.78, 5) is 16.4. The number of unbranched alkanes of at least 4 members (excludes halogenated alkanes) is 1. The Balaban J connectivity index is 2.19. The van der Waals surface area contributed by atoms with Crippen molar-refractivity contribution in [2.75, 3.05) is 32.5 Å². The first-order valence-corrected chi connectivity index (χ1v) is 5.17. The fourth-order valence-electron chi connectivity index (χ4n) is 1.20. The number of carboxylic acid groups (broad SMARTS) is 1. The van der Waals surface area contributed by atoms with E-state index < -0.39 is 5.97 Å². The minimum Gasteiger partial charge on any atom is -0.476 e. The molecular formula is C10H17N3O3. The predicted octanol–water partition coefficient (Wildman–Crippen LogP) is 1.13. The zero-order valence-electron chi connectivity index (χ0n) is 9.56. The molecule has 0 radical (unpaired) electrons. The largest absolute Gasteiger partial charge is 0.476 e. The average molecular weight is 227 g/mol. The van der Waals surface area contributed by atoms with Gasteiger partial charge in [-0.05, 0) is 33.5 Å². The molecular weight excluding hydrogens is 210 g/mol. The molecule has 0 bridgehead atoms. The molecule has 0 saturated heterocycles. The monoisotopic (exact) mass is 227 g/mol. The van der Waals surface area contributed by atoms with Gasteiger partial charge in [0.15, 0.2) is 5.69 Å². The van der Waals surface area contributed by atoms with Crippen LogP contribution >= 0.6 is 0 Å². The van der Waals surface area contributed by atoms with E-state index in [1.807, 2.05) is 14.1 Å². The molecule has 0 atom stereocenters. The highest BCUT2D eigenvalue weighted by Crippen LogP contribution is 2.07. The van der Waals surface area contributed by atoms with E-state index >= 15 is 0 Å². The van der Waals surface area contributed by atoms with Crippen molar-refractivity contribution in [2.45, 2.75) is 12.8 Å². The molecule has 1 aromatic rings. The molecule has 1 heterocycles. The van der Waals surface area contributed by atoms with Gasteiger partial charge in [0, 0.05) is 6.54 Å². The third-order valence-electron chi connectivity index (χ3n) is 2.03. The Hall–Kier alpha value is -1.56. The van der Waals surface area contributed by atoms with Crippen LogP contribution in [0.25, 0.3) is 0 Å². The molecule has 90 valence electrons.